The molecule has 0 spiro atoms. The van der Waals surface area contributed by atoms with E-state index in [2.05, 4.69) is 0 Å². The average molecular weight is 267 g/mol. The highest BCUT2D eigenvalue weighted by molar-refractivity contribution is 5.89. The van der Waals surface area contributed by atoms with Crippen molar-refractivity contribution in [2.75, 3.05) is 0 Å². The van der Waals surface area contributed by atoms with Crippen LogP contribution in [0.15, 0.2) is 59.3 Å². The molecule has 0 saturated carbocycles. The summed E-state index contributed by atoms with van der Waals surface area (Å²) in [5.41, 5.74) is 3.23. The number of rotatable bonds is 3. The molecule has 0 radical (unpaired) electrons. The Bertz CT molecular complexity index is 737. The molecule has 0 fully saturated rings. The highest BCUT2D eigenvalue weighted by Crippen LogP contribution is 2.33. The maximum Gasteiger partial charge on any atom is 0.335 e. The van der Waals surface area contributed by atoms with E-state index in [1.807, 2.05) is 48.1 Å². The summed E-state index contributed by atoms with van der Waals surface area (Å²) >= 11 is 0. The smallest absolute Gasteiger partial charge is 0.335 e. The van der Waals surface area contributed by atoms with Crippen LogP contribution in [0, 0.1) is 0 Å². The van der Waals surface area contributed by atoms with Gasteiger partial charge in [0, 0.05) is 18.8 Å². The number of carboxylic acid groups (broad SMARTS) is 1. The van der Waals surface area contributed by atoms with Crippen LogP contribution < -0.4 is 0 Å². The SMILES string of the molecule is Cn1ccc(-c2ccc(C(=O)O)cc2)c1-c1ccco1. The highest BCUT2D eigenvalue weighted by atomic mass is 16.4. The number of hydrogen-bond donors (Lipinski definition) is 1. The fraction of sp³-hybridized carbons (Fsp3) is 0.0625. The maximum absolute atomic E-state index is 10.9. The molecule has 0 bridgehead atoms. The zero-order valence-corrected chi connectivity index (χ0v) is 10.9. The number of carboxylic acids is 1. The first kappa shape index (κ1) is 12.3. The maximum atomic E-state index is 10.9. The van der Waals surface area contributed by atoms with E-state index in [4.69, 9.17) is 9.52 Å². The van der Waals surface area contributed by atoms with Crippen molar-refractivity contribution in [3.63, 3.8) is 0 Å². The second-order valence-corrected chi connectivity index (χ2v) is 4.55. The van der Waals surface area contributed by atoms with Crippen molar-refractivity contribution in [2.45, 2.75) is 0 Å². The lowest BCUT2D eigenvalue weighted by Crippen LogP contribution is -1.95. The normalized spacial score (nSPS) is 10.7. The third kappa shape index (κ3) is 2.01. The molecule has 3 aromatic rings. The molecule has 4 nitrogen and oxygen atoms in total. The molecule has 3 rings (SSSR count). The van der Waals surface area contributed by atoms with Gasteiger partial charge in [-0.25, -0.2) is 4.79 Å². The van der Waals surface area contributed by atoms with Crippen molar-refractivity contribution in [2.24, 2.45) is 7.05 Å². The van der Waals surface area contributed by atoms with Crippen LogP contribution in [0.3, 0.4) is 0 Å². The number of carbonyl (C=O) groups is 1. The summed E-state index contributed by atoms with van der Waals surface area (Å²) in [7, 11) is 1.95. The van der Waals surface area contributed by atoms with Gasteiger partial charge in [0.2, 0.25) is 0 Å². The molecule has 0 aliphatic rings. The Morgan fingerprint density at radius 1 is 1.15 bits per heavy atom. The van der Waals surface area contributed by atoms with Crippen LogP contribution in [0.4, 0.5) is 0 Å². The van der Waals surface area contributed by atoms with Gasteiger partial charge >= 0.3 is 5.97 Å². The lowest BCUT2D eigenvalue weighted by molar-refractivity contribution is 0.0697. The Kier molecular flexibility index (Phi) is 2.91. The van der Waals surface area contributed by atoms with Crippen LogP contribution in [0.1, 0.15) is 10.4 Å². The number of benzene rings is 1. The first-order valence-corrected chi connectivity index (χ1v) is 6.20. The van der Waals surface area contributed by atoms with Crippen molar-refractivity contribution in [3.05, 3.63) is 60.5 Å². The molecule has 2 aromatic heterocycles. The number of hydrogen-bond acceptors (Lipinski definition) is 2. The molecular weight excluding hydrogens is 254 g/mol. The van der Waals surface area contributed by atoms with Gasteiger partial charge in [-0.05, 0) is 35.9 Å². The van der Waals surface area contributed by atoms with Gasteiger partial charge in [-0.15, -0.1) is 0 Å². The zero-order chi connectivity index (χ0) is 14.1. The number of aryl methyl sites for hydroxylation is 1. The first-order valence-electron chi connectivity index (χ1n) is 6.20. The molecule has 0 unspecified atom stereocenters. The van der Waals surface area contributed by atoms with E-state index in [0.717, 1.165) is 22.6 Å². The van der Waals surface area contributed by atoms with Crippen LogP contribution in [0.2, 0.25) is 0 Å². The van der Waals surface area contributed by atoms with Gasteiger partial charge in [-0.1, -0.05) is 12.1 Å². The largest absolute Gasteiger partial charge is 0.478 e. The summed E-state index contributed by atoms with van der Waals surface area (Å²) in [5.74, 6) is -0.134. The highest BCUT2D eigenvalue weighted by Gasteiger charge is 2.14. The standard InChI is InChI=1S/C16H13NO3/c1-17-9-8-13(15(17)14-3-2-10-20-14)11-4-6-12(7-5-11)16(18)19/h2-10H,1H3,(H,18,19). The van der Waals surface area contributed by atoms with Gasteiger partial charge in [-0.3, -0.25) is 0 Å². The molecule has 1 N–H and O–H groups in total. The minimum absolute atomic E-state index is 0.282. The van der Waals surface area contributed by atoms with E-state index < -0.39 is 5.97 Å². The molecule has 0 amide bonds. The topological polar surface area (TPSA) is 55.4 Å². The molecule has 0 saturated heterocycles. The molecule has 4 heteroatoms. The summed E-state index contributed by atoms with van der Waals surface area (Å²) in [6.07, 6.45) is 3.60. The second-order valence-electron chi connectivity index (χ2n) is 4.55. The number of aromatic nitrogens is 1. The van der Waals surface area contributed by atoms with Crippen molar-refractivity contribution in [1.29, 1.82) is 0 Å². The van der Waals surface area contributed by atoms with Crippen molar-refractivity contribution < 1.29 is 14.3 Å². The lowest BCUT2D eigenvalue weighted by Gasteiger charge is -2.06. The Morgan fingerprint density at radius 2 is 1.90 bits per heavy atom. The second kappa shape index (κ2) is 4.74. The summed E-state index contributed by atoms with van der Waals surface area (Å²) in [6, 6.07) is 12.6. The Labute approximate surface area is 115 Å². The summed E-state index contributed by atoms with van der Waals surface area (Å²) in [4.78, 5) is 10.9. The number of aromatic carboxylic acids is 1. The Morgan fingerprint density at radius 3 is 2.50 bits per heavy atom. The fourth-order valence-electron chi connectivity index (χ4n) is 2.27. The van der Waals surface area contributed by atoms with Gasteiger partial charge in [-0.2, -0.15) is 0 Å². The molecule has 2 heterocycles. The van der Waals surface area contributed by atoms with Crippen LogP contribution in [0.5, 0.6) is 0 Å². The Hall–Kier alpha value is -2.75. The predicted molar refractivity (Wildman–Crippen MR) is 75.5 cm³/mol. The van der Waals surface area contributed by atoms with E-state index in [9.17, 15) is 4.79 Å². The quantitative estimate of drug-likeness (QED) is 0.788. The average Bonchev–Trinajstić information content (AvgIpc) is 3.07. The number of nitrogens with zero attached hydrogens (tertiary/aromatic N) is 1. The summed E-state index contributed by atoms with van der Waals surface area (Å²) in [6.45, 7) is 0. The monoisotopic (exact) mass is 267 g/mol. The molecule has 20 heavy (non-hydrogen) atoms. The first-order chi connectivity index (χ1) is 9.66. The molecule has 0 atom stereocenters. The number of furan rings is 1. The van der Waals surface area contributed by atoms with E-state index >= 15 is 0 Å². The fourth-order valence-corrected chi connectivity index (χ4v) is 2.27. The minimum atomic E-state index is -0.920. The van der Waals surface area contributed by atoms with Crippen LogP contribution >= 0.6 is 0 Å². The van der Waals surface area contributed by atoms with Crippen molar-refractivity contribution in [1.82, 2.24) is 4.57 Å². The molecule has 0 aliphatic carbocycles. The van der Waals surface area contributed by atoms with E-state index in [1.54, 1.807) is 18.4 Å². The van der Waals surface area contributed by atoms with Crippen LogP contribution in [-0.2, 0) is 7.05 Å². The minimum Gasteiger partial charge on any atom is -0.478 e. The van der Waals surface area contributed by atoms with Crippen LogP contribution in [-0.4, -0.2) is 15.6 Å². The molecular formula is C16H13NO3. The predicted octanol–water partition coefficient (Wildman–Crippen LogP) is 3.65. The van der Waals surface area contributed by atoms with Crippen LogP contribution in [0.25, 0.3) is 22.6 Å². The molecule has 1 aromatic carbocycles. The van der Waals surface area contributed by atoms with Gasteiger partial charge in [0.1, 0.15) is 0 Å². The summed E-state index contributed by atoms with van der Waals surface area (Å²) < 4.78 is 7.45. The van der Waals surface area contributed by atoms with E-state index in [-0.39, 0.29) is 5.56 Å². The zero-order valence-electron chi connectivity index (χ0n) is 10.9. The lowest BCUT2D eigenvalue weighted by atomic mass is 10.0. The van der Waals surface area contributed by atoms with E-state index in [0.29, 0.717) is 0 Å². The van der Waals surface area contributed by atoms with Gasteiger partial charge in [0.05, 0.1) is 17.5 Å². The summed E-state index contributed by atoms with van der Waals surface area (Å²) in [5, 5.41) is 8.94. The van der Waals surface area contributed by atoms with Crippen molar-refractivity contribution >= 4 is 5.97 Å². The van der Waals surface area contributed by atoms with Gasteiger partial charge in [0.25, 0.3) is 0 Å². The third-order valence-electron chi connectivity index (χ3n) is 3.27. The third-order valence-corrected chi connectivity index (χ3v) is 3.27. The van der Waals surface area contributed by atoms with Crippen molar-refractivity contribution in [3.8, 4) is 22.6 Å². The van der Waals surface area contributed by atoms with Gasteiger partial charge in [0.15, 0.2) is 5.76 Å². The molecule has 100 valence electrons. The van der Waals surface area contributed by atoms with E-state index in [1.165, 1.54) is 0 Å². The van der Waals surface area contributed by atoms with Gasteiger partial charge < -0.3 is 14.1 Å². The Balaban J connectivity index is 2.09. The molecule has 0 aliphatic heterocycles.